The molecule has 0 atom stereocenters. The Balaban J connectivity index is 1.68. The molecule has 0 aliphatic heterocycles. The lowest BCUT2D eigenvalue weighted by Gasteiger charge is -2.12. The molecule has 10 nitrogen and oxygen atoms in total. The Morgan fingerprint density at radius 2 is 1.77 bits per heavy atom. The van der Waals surface area contributed by atoms with Crippen LogP contribution in [-0.4, -0.2) is 31.8 Å². The van der Waals surface area contributed by atoms with Gasteiger partial charge in [-0.05, 0) is 47.2 Å². The number of nitrogens with zero attached hydrogens (tertiary/aromatic N) is 2. The van der Waals surface area contributed by atoms with E-state index in [0.717, 1.165) is 16.8 Å². The van der Waals surface area contributed by atoms with Crippen LogP contribution in [0.5, 0.6) is 11.5 Å². The van der Waals surface area contributed by atoms with Crippen LogP contribution in [0.25, 0.3) is 10.8 Å². The number of nitro benzene ring substituents is 1. The minimum Gasteiger partial charge on any atom is -0.507 e. The first-order valence-corrected chi connectivity index (χ1v) is 11.7. The van der Waals surface area contributed by atoms with Crippen LogP contribution in [0, 0.1) is 10.1 Å². The number of nitro groups is 1. The quantitative estimate of drug-likeness (QED) is 0.184. The molecule has 35 heavy (non-hydrogen) atoms. The molecule has 0 amide bonds. The molecule has 0 saturated carbocycles. The molecule has 0 saturated heterocycles. The molecule has 4 rings (SSSR count). The standard InChI is InChI=1S/C24H20N4O6S/c1-34-19-10-7-17(8-11-19)27-35(32,33)24-14-18(28(30)31)9-12-22(24)26-25-15-21-20-5-3-2-4-16(20)6-13-23(21)29/h2-15,26-27,29H,1H3/b25-15+. The van der Waals surface area contributed by atoms with Gasteiger partial charge < -0.3 is 9.84 Å². The van der Waals surface area contributed by atoms with Crippen LogP contribution in [0.4, 0.5) is 17.1 Å². The van der Waals surface area contributed by atoms with Gasteiger partial charge in [0, 0.05) is 23.4 Å². The lowest BCUT2D eigenvalue weighted by molar-refractivity contribution is -0.385. The van der Waals surface area contributed by atoms with Gasteiger partial charge in [-0.15, -0.1) is 0 Å². The van der Waals surface area contributed by atoms with Gasteiger partial charge in [0.05, 0.1) is 23.9 Å². The summed E-state index contributed by atoms with van der Waals surface area (Å²) in [6.07, 6.45) is 1.35. The van der Waals surface area contributed by atoms with Crippen LogP contribution in [0.2, 0.25) is 0 Å². The van der Waals surface area contributed by atoms with E-state index in [2.05, 4.69) is 15.2 Å². The summed E-state index contributed by atoms with van der Waals surface area (Å²) in [4.78, 5) is 10.2. The third-order valence-corrected chi connectivity index (χ3v) is 6.56. The second kappa shape index (κ2) is 9.69. The Hall–Kier alpha value is -4.64. The number of benzene rings is 4. The predicted octanol–water partition coefficient (Wildman–Crippen LogP) is 4.71. The molecule has 0 aliphatic carbocycles. The molecule has 0 radical (unpaired) electrons. The number of sulfonamides is 1. The maximum Gasteiger partial charge on any atom is 0.270 e. The highest BCUT2D eigenvalue weighted by Gasteiger charge is 2.23. The molecule has 178 valence electrons. The summed E-state index contributed by atoms with van der Waals surface area (Å²) in [5, 5.41) is 27.3. The molecular weight excluding hydrogens is 472 g/mol. The maximum atomic E-state index is 13.1. The zero-order valence-corrected chi connectivity index (χ0v) is 19.2. The van der Waals surface area contributed by atoms with Crippen molar-refractivity contribution in [1.29, 1.82) is 0 Å². The van der Waals surface area contributed by atoms with Crippen LogP contribution < -0.4 is 14.9 Å². The molecule has 0 aromatic heterocycles. The third-order valence-electron chi connectivity index (χ3n) is 5.13. The summed E-state index contributed by atoms with van der Waals surface area (Å²) in [6.45, 7) is 0. The Morgan fingerprint density at radius 3 is 2.49 bits per heavy atom. The largest absolute Gasteiger partial charge is 0.507 e. The van der Waals surface area contributed by atoms with Gasteiger partial charge in [-0.2, -0.15) is 5.10 Å². The molecule has 4 aromatic rings. The zero-order chi connectivity index (χ0) is 25.0. The number of ether oxygens (including phenoxy) is 1. The SMILES string of the molecule is COc1ccc(NS(=O)(=O)c2cc([N+](=O)[O-])ccc2N/N=C/c2c(O)ccc3ccccc23)cc1. The van der Waals surface area contributed by atoms with Crippen molar-refractivity contribution in [3.8, 4) is 11.5 Å². The van der Waals surface area contributed by atoms with Crippen molar-refractivity contribution in [3.63, 3.8) is 0 Å². The Bertz CT molecular complexity index is 1540. The van der Waals surface area contributed by atoms with Crippen LogP contribution >= 0.6 is 0 Å². The number of phenolic OH excluding ortho intramolecular Hbond substituents is 1. The number of phenols is 1. The first kappa shape index (κ1) is 23.5. The summed E-state index contributed by atoms with van der Waals surface area (Å²) >= 11 is 0. The average Bonchev–Trinajstić information content (AvgIpc) is 2.85. The number of anilines is 2. The average molecular weight is 493 g/mol. The Labute approximate surface area is 200 Å². The molecular formula is C24H20N4O6S. The first-order valence-electron chi connectivity index (χ1n) is 10.2. The molecule has 0 fully saturated rings. The highest BCUT2D eigenvalue weighted by Crippen LogP contribution is 2.29. The van der Waals surface area contributed by atoms with Crippen LogP contribution in [0.1, 0.15) is 5.56 Å². The number of hydrogen-bond acceptors (Lipinski definition) is 8. The van der Waals surface area contributed by atoms with E-state index in [-0.39, 0.29) is 22.0 Å². The summed E-state index contributed by atoms with van der Waals surface area (Å²) in [5.41, 5.74) is 2.90. The van der Waals surface area contributed by atoms with E-state index in [4.69, 9.17) is 4.74 Å². The highest BCUT2D eigenvalue weighted by atomic mass is 32.2. The molecule has 0 spiro atoms. The van der Waals surface area contributed by atoms with E-state index in [1.54, 1.807) is 18.2 Å². The number of nitrogens with one attached hydrogen (secondary N) is 2. The molecule has 4 aromatic carbocycles. The van der Waals surface area contributed by atoms with Gasteiger partial charge in [-0.3, -0.25) is 20.3 Å². The van der Waals surface area contributed by atoms with Crippen LogP contribution in [0.15, 0.2) is 88.9 Å². The summed E-state index contributed by atoms with van der Waals surface area (Å²) in [7, 11) is -2.75. The number of fused-ring (bicyclic) bond motifs is 1. The van der Waals surface area contributed by atoms with E-state index in [0.29, 0.717) is 11.3 Å². The number of aromatic hydroxyl groups is 1. The van der Waals surface area contributed by atoms with Gasteiger partial charge >= 0.3 is 0 Å². The van der Waals surface area contributed by atoms with E-state index < -0.39 is 20.6 Å². The van der Waals surface area contributed by atoms with Crippen molar-refractivity contribution in [2.45, 2.75) is 4.90 Å². The minimum atomic E-state index is -4.24. The van der Waals surface area contributed by atoms with Crippen molar-refractivity contribution in [2.24, 2.45) is 5.10 Å². The molecule has 0 aliphatic rings. The second-order valence-corrected chi connectivity index (χ2v) is 9.01. The van der Waals surface area contributed by atoms with Crippen molar-refractivity contribution in [3.05, 3.63) is 94.5 Å². The monoisotopic (exact) mass is 492 g/mol. The van der Waals surface area contributed by atoms with Crippen molar-refractivity contribution < 1.29 is 23.2 Å². The fraction of sp³-hybridized carbons (Fsp3) is 0.0417. The smallest absolute Gasteiger partial charge is 0.270 e. The van der Waals surface area contributed by atoms with Crippen molar-refractivity contribution >= 4 is 44.1 Å². The number of methoxy groups -OCH3 is 1. The number of non-ortho nitro benzene ring substituents is 1. The Morgan fingerprint density at radius 1 is 1.03 bits per heavy atom. The Kier molecular flexibility index (Phi) is 6.51. The molecule has 0 heterocycles. The van der Waals surface area contributed by atoms with Gasteiger partial charge in [0.1, 0.15) is 16.4 Å². The lowest BCUT2D eigenvalue weighted by atomic mass is 10.0. The van der Waals surface area contributed by atoms with Gasteiger partial charge in [0.15, 0.2) is 0 Å². The fourth-order valence-corrected chi connectivity index (χ4v) is 4.63. The van der Waals surface area contributed by atoms with E-state index in [1.165, 1.54) is 43.7 Å². The first-order chi connectivity index (χ1) is 16.8. The van der Waals surface area contributed by atoms with E-state index in [1.807, 2.05) is 24.3 Å². The minimum absolute atomic E-state index is 0.00703. The second-order valence-electron chi connectivity index (χ2n) is 7.36. The van der Waals surface area contributed by atoms with Gasteiger partial charge in [-0.25, -0.2) is 8.42 Å². The summed E-state index contributed by atoms with van der Waals surface area (Å²) in [5.74, 6) is 0.531. The van der Waals surface area contributed by atoms with Crippen molar-refractivity contribution in [2.75, 3.05) is 17.3 Å². The van der Waals surface area contributed by atoms with E-state index >= 15 is 0 Å². The highest BCUT2D eigenvalue weighted by molar-refractivity contribution is 7.92. The third kappa shape index (κ3) is 5.14. The zero-order valence-electron chi connectivity index (χ0n) is 18.4. The van der Waals surface area contributed by atoms with E-state index in [9.17, 15) is 23.6 Å². The molecule has 0 unspecified atom stereocenters. The van der Waals surface area contributed by atoms with Gasteiger partial charge in [-0.1, -0.05) is 30.3 Å². The molecule has 11 heteroatoms. The summed E-state index contributed by atoms with van der Waals surface area (Å²) < 4.78 is 33.7. The van der Waals surface area contributed by atoms with Crippen LogP contribution in [0.3, 0.4) is 0 Å². The fourth-order valence-electron chi connectivity index (χ4n) is 3.39. The molecule has 3 N–H and O–H groups in total. The number of rotatable bonds is 8. The number of hydrazone groups is 1. The summed E-state index contributed by atoms with van der Waals surface area (Å²) in [6, 6.07) is 20.2. The van der Waals surface area contributed by atoms with Gasteiger partial charge in [0.25, 0.3) is 15.7 Å². The number of hydrogen-bond donors (Lipinski definition) is 3. The van der Waals surface area contributed by atoms with Gasteiger partial charge in [0.2, 0.25) is 0 Å². The topological polar surface area (TPSA) is 143 Å². The maximum absolute atomic E-state index is 13.1. The lowest BCUT2D eigenvalue weighted by Crippen LogP contribution is -2.15. The van der Waals surface area contributed by atoms with Crippen molar-refractivity contribution in [1.82, 2.24) is 0 Å². The molecule has 0 bridgehead atoms. The normalized spacial score (nSPS) is 11.5. The predicted molar refractivity (Wildman–Crippen MR) is 134 cm³/mol. The van der Waals surface area contributed by atoms with Crippen LogP contribution in [-0.2, 0) is 10.0 Å².